The van der Waals surface area contributed by atoms with Crippen molar-refractivity contribution in [1.82, 2.24) is 14.9 Å². The Morgan fingerprint density at radius 3 is 3.11 bits per heavy atom. The number of aromatic nitrogens is 2. The highest BCUT2D eigenvalue weighted by Crippen LogP contribution is 2.13. The summed E-state index contributed by atoms with van der Waals surface area (Å²) in [7, 11) is 0. The number of anilines is 1. The van der Waals surface area contributed by atoms with Crippen molar-refractivity contribution in [3.63, 3.8) is 0 Å². The van der Waals surface area contributed by atoms with Crippen molar-refractivity contribution in [2.24, 2.45) is 5.73 Å². The Balaban J connectivity index is 1.85. The van der Waals surface area contributed by atoms with Crippen LogP contribution in [-0.2, 0) is 11.3 Å². The van der Waals surface area contributed by atoms with Gasteiger partial charge in [0, 0.05) is 32.3 Å². The molecule has 2 amide bonds. The topological polar surface area (TPSA) is 102 Å². The highest BCUT2D eigenvalue weighted by Gasteiger charge is 2.15. The maximum atomic E-state index is 11.8. The van der Waals surface area contributed by atoms with Crippen LogP contribution in [0.3, 0.4) is 0 Å². The monoisotopic (exact) mass is 251 g/mol. The molecule has 0 atom stereocenters. The van der Waals surface area contributed by atoms with Gasteiger partial charge in [0.05, 0.1) is 0 Å². The van der Waals surface area contributed by atoms with Gasteiger partial charge in [0.15, 0.2) is 0 Å². The molecular formula is C11H17N5O2. The van der Waals surface area contributed by atoms with Crippen molar-refractivity contribution in [3.05, 3.63) is 11.9 Å². The van der Waals surface area contributed by atoms with Crippen LogP contribution in [0.25, 0.3) is 0 Å². The first-order valence-corrected chi connectivity index (χ1v) is 6.04. The Morgan fingerprint density at radius 2 is 2.39 bits per heavy atom. The van der Waals surface area contributed by atoms with E-state index in [0.717, 1.165) is 25.5 Å². The number of rotatable bonds is 5. The van der Waals surface area contributed by atoms with Crippen molar-refractivity contribution in [2.75, 3.05) is 18.4 Å². The minimum atomic E-state index is -0.356. The summed E-state index contributed by atoms with van der Waals surface area (Å²) in [5.74, 6) is 0.164. The van der Waals surface area contributed by atoms with Crippen LogP contribution in [-0.4, -0.2) is 34.5 Å². The predicted molar refractivity (Wildman–Crippen MR) is 66.1 cm³/mol. The molecule has 1 aromatic rings. The molecule has 98 valence electrons. The van der Waals surface area contributed by atoms with Gasteiger partial charge in [-0.25, -0.2) is 4.98 Å². The number of nitrogens with two attached hydrogens (primary N) is 1. The number of hydrogen-bond donors (Lipinski definition) is 3. The van der Waals surface area contributed by atoms with Crippen LogP contribution in [0.15, 0.2) is 6.20 Å². The molecule has 1 aliphatic heterocycles. The second-order valence-corrected chi connectivity index (χ2v) is 4.25. The number of carbonyl (C=O) groups is 2. The van der Waals surface area contributed by atoms with E-state index in [1.165, 1.54) is 0 Å². The van der Waals surface area contributed by atoms with Gasteiger partial charge < -0.3 is 20.9 Å². The molecule has 7 nitrogen and oxygen atoms in total. The Bertz CT molecular complexity index is 431. The fourth-order valence-corrected chi connectivity index (χ4v) is 1.84. The number of fused-ring (bicyclic) bond motifs is 1. The Kier molecular flexibility index (Phi) is 3.81. The minimum Gasteiger partial charge on any atom is -0.370 e. The van der Waals surface area contributed by atoms with E-state index in [9.17, 15) is 9.59 Å². The zero-order valence-electron chi connectivity index (χ0n) is 10.1. The van der Waals surface area contributed by atoms with Crippen LogP contribution < -0.4 is 16.4 Å². The van der Waals surface area contributed by atoms with E-state index in [1.54, 1.807) is 6.20 Å². The quantitative estimate of drug-likeness (QED) is 0.625. The summed E-state index contributed by atoms with van der Waals surface area (Å²) in [5, 5.41) is 5.84. The smallest absolute Gasteiger partial charge is 0.271 e. The van der Waals surface area contributed by atoms with E-state index in [1.807, 2.05) is 4.57 Å². The first kappa shape index (κ1) is 12.4. The van der Waals surface area contributed by atoms with E-state index in [2.05, 4.69) is 15.6 Å². The van der Waals surface area contributed by atoms with Crippen LogP contribution in [0.5, 0.6) is 0 Å². The lowest BCUT2D eigenvalue weighted by Crippen LogP contribution is -2.25. The molecule has 7 heteroatoms. The molecule has 0 unspecified atom stereocenters. The number of hydrogen-bond acceptors (Lipinski definition) is 4. The summed E-state index contributed by atoms with van der Waals surface area (Å²) in [6.45, 7) is 2.19. The average Bonchev–Trinajstić information content (AvgIpc) is 2.78. The van der Waals surface area contributed by atoms with E-state index >= 15 is 0 Å². The lowest BCUT2D eigenvalue weighted by Gasteiger charge is -2.14. The molecule has 0 aromatic carbocycles. The zero-order chi connectivity index (χ0) is 13.0. The second-order valence-electron chi connectivity index (χ2n) is 4.25. The van der Waals surface area contributed by atoms with Crippen LogP contribution in [0.2, 0.25) is 0 Å². The molecule has 2 rings (SSSR count). The molecule has 0 bridgehead atoms. The fourth-order valence-electron chi connectivity index (χ4n) is 1.84. The van der Waals surface area contributed by atoms with Gasteiger partial charge in [-0.2, -0.15) is 0 Å². The molecule has 0 saturated carbocycles. The lowest BCUT2D eigenvalue weighted by atomic mass is 10.3. The van der Waals surface area contributed by atoms with E-state index in [4.69, 9.17) is 5.73 Å². The molecule has 2 heterocycles. The molecule has 0 spiro atoms. The Morgan fingerprint density at radius 1 is 1.56 bits per heavy atom. The van der Waals surface area contributed by atoms with Crippen LogP contribution in [0, 0.1) is 0 Å². The van der Waals surface area contributed by atoms with E-state index in [-0.39, 0.29) is 18.2 Å². The minimum absolute atomic E-state index is 0.219. The van der Waals surface area contributed by atoms with Crippen molar-refractivity contribution in [2.45, 2.75) is 25.8 Å². The third-order valence-corrected chi connectivity index (χ3v) is 2.75. The zero-order valence-corrected chi connectivity index (χ0v) is 10.1. The number of carbonyl (C=O) groups excluding carboxylic acids is 2. The molecule has 0 radical (unpaired) electrons. The predicted octanol–water partition coefficient (Wildman–Crippen LogP) is -0.306. The first-order chi connectivity index (χ1) is 8.66. The van der Waals surface area contributed by atoms with Crippen LogP contribution >= 0.6 is 0 Å². The number of primary amides is 1. The number of amides is 2. The standard InChI is InChI=1S/C11H17N5O2/c12-9(17)3-1-4-13-10(18)8-7-16-6-2-5-14-11(16)15-8/h7H,1-6H2,(H2,12,17)(H,13,18)(H,14,15). The average molecular weight is 251 g/mol. The highest BCUT2D eigenvalue weighted by atomic mass is 16.2. The molecule has 1 aliphatic rings. The third kappa shape index (κ3) is 2.99. The maximum Gasteiger partial charge on any atom is 0.271 e. The molecule has 18 heavy (non-hydrogen) atoms. The Labute approximate surface area is 105 Å². The van der Waals surface area contributed by atoms with Gasteiger partial charge in [-0.05, 0) is 12.8 Å². The lowest BCUT2D eigenvalue weighted by molar-refractivity contribution is -0.118. The summed E-state index contributed by atoms with van der Waals surface area (Å²) in [6.07, 6.45) is 3.60. The fraction of sp³-hybridized carbons (Fsp3) is 0.545. The largest absolute Gasteiger partial charge is 0.370 e. The van der Waals surface area contributed by atoms with Gasteiger partial charge in [0.1, 0.15) is 5.69 Å². The van der Waals surface area contributed by atoms with Crippen molar-refractivity contribution in [3.8, 4) is 0 Å². The number of nitrogens with one attached hydrogen (secondary N) is 2. The van der Waals surface area contributed by atoms with Gasteiger partial charge in [-0.1, -0.05) is 0 Å². The SMILES string of the molecule is NC(=O)CCCNC(=O)c1cn2c(n1)NCCC2. The molecule has 0 aliphatic carbocycles. The van der Waals surface area contributed by atoms with Crippen molar-refractivity contribution in [1.29, 1.82) is 0 Å². The summed E-state index contributed by atoms with van der Waals surface area (Å²) >= 11 is 0. The number of aryl methyl sites for hydroxylation is 1. The van der Waals surface area contributed by atoms with Crippen molar-refractivity contribution >= 4 is 17.8 Å². The summed E-state index contributed by atoms with van der Waals surface area (Å²) in [6, 6.07) is 0. The van der Waals surface area contributed by atoms with Gasteiger partial charge >= 0.3 is 0 Å². The van der Waals surface area contributed by atoms with E-state index < -0.39 is 0 Å². The van der Waals surface area contributed by atoms with E-state index in [0.29, 0.717) is 18.7 Å². The summed E-state index contributed by atoms with van der Waals surface area (Å²) in [4.78, 5) is 26.5. The molecular weight excluding hydrogens is 234 g/mol. The van der Waals surface area contributed by atoms with Gasteiger partial charge in [-0.15, -0.1) is 0 Å². The molecule has 0 saturated heterocycles. The number of nitrogens with zero attached hydrogens (tertiary/aromatic N) is 2. The number of imidazole rings is 1. The highest BCUT2D eigenvalue weighted by molar-refractivity contribution is 5.92. The third-order valence-electron chi connectivity index (χ3n) is 2.75. The summed E-state index contributed by atoms with van der Waals surface area (Å²) < 4.78 is 1.93. The molecule has 4 N–H and O–H groups in total. The van der Waals surface area contributed by atoms with Crippen LogP contribution in [0.1, 0.15) is 29.8 Å². The van der Waals surface area contributed by atoms with Gasteiger partial charge in [0.2, 0.25) is 11.9 Å². The first-order valence-electron chi connectivity index (χ1n) is 6.04. The summed E-state index contributed by atoms with van der Waals surface area (Å²) in [5.41, 5.74) is 5.41. The molecule has 1 aromatic heterocycles. The van der Waals surface area contributed by atoms with Crippen molar-refractivity contribution < 1.29 is 9.59 Å². The second kappa shape index (κ2) is 5.52. The maximum absolute atomic E-state index is 11.8. The van der Waals surface area contributed by atoms with Crippen LogP contribution in [0.4, 0.5) is 5.95 Å². The Hall–Kier alpha value is -2.05. The van der Waals surface area contributed by atoms with Gasteiger partial charge in [-0.3, -0.25) is 9.59 Å². The normalized spacial score (nSPS) is 13.6. The van der Waals surface area contributed by atoms with Gasteiger partial charge in [0.25, 0.3) is 5.91 Å². The molecule has 0 fully saturated rings.